The predicted octanol–water partition coefficient (Wildman–Crippen LogP) is 0.405. The molecule has 1 saturated heterocycles. The number of rotatable bonds is 7. The minimum Gasteiger partial charge on any atom is -0.382 e. The van der Waals surface area contributed by atoms with Gasteiger partial charge in [-0.15, -0.1) is 10.2 Å². The number of hydrogen-bond donors (Lipinski definition) is 0. The number of nitrogens with zero attached hydrogens (tertiary/aromatic N) is 4. The molecule has 0 spiro atoms. The highest BCUT2D eigenvalue weighted by atomic mass is 16.5. The third-order valence-corrected chi connectivity index (χ3v) is 3.32. The molecule has 2 heterocycles. The second kappa shape index (κ2) is 7.45. The van der Waals surface area contributed by atoms with Gasteiger partial charge in [-0.1, -0.05) is 0 Å². The number of methoxy groups -OCH3 is 1. The molecule has 1 aromatic heterocycles. The highest BCUT2D eigenvalue weighted by molar-refractivity contribution is 4.73. The molecule has 1 aliphatic rings. The van der Waals surface area contributed by atoms with Crippen molar-refractivity contribution in [1.82, 2.24) is 19.7 Å². The van der Waals surface area contributed by atoms with Crippen molar-refractivity contribution in [2.75, 3.05) is 40.0 Å². The van der Waals surface area contributed by atoms with E-state index in [1.165, 1.54) is 0 Å². The minimum atomic E-state index is 0.409. The second-order valence-corrected chi connectivity index (χ2v) is 4.60. The molecule has 1 fully saturated rings. The molecule has 1 aliphatic heterocycles. The van der Waals surface area contributed by atoms with Crippen molar-refractivity contribution in [2.24, 2.45) is 0 Å². The Bertz CT molecular complexity index is 310. The molecule has 6 heteroatoms. The maximum atomic E-state index is 5.75. The largest absolute Gasteiger partial charge is 0.382 e. The van der Waals surface area contributed by atoms with Gasteiger partial charge >= 0.3 is 0 Å². The summed E-state index contributed by atoms with van der Waals surface area (Å²) in [5.41, 5.74) is 0. The molecule has 0 N–H and O–H groups in total. The number of hydrogen-bond acceptors (Lipinski definition) is 5. The highest BCUT2D eigenvalue weighted by Crippen LogP contribution is 2.13. The van der Waals surface area contributed by atoms with Gasteiger partial charge in [0.05, 0.1) is 19.3 Å². The molecule has 2 rings (SSSR count). The third kappa shape index (κ3) is 4.36. The van der Waals surface area contributed by atoms with E-state index in [1.807, 2.05) is 4.57 Å². The van der Waals surface area contributed by atoms with Crippen molar-refractivity contribution in [1.29, 1.82) is 0 Å². The summed E-state index contributed by atoms with van der Waals surface area (Å²) in [5.74, 6) is 0. The van der Waals surface area contributed by atoms with Crippen LogP contribution in [0.4, 0.5) is 0 Å². The fourth-order valence-corrected chi connectivity index (χ4v) is 2.19. The summed E-state index contributed by atoms with van der Waals surface area (Å²) in [4.78, 5) is 2.47. The summed E-state index contributed by atoms with van der Waals surface area (Å²) in [7, 11) is 1.71. The van der Waals surface area contributed by atoms with Crippen LogP contribution in [0.2, 0.25) is 0 Å². The molecule has 0 bridgehead atoms. The molecule has 0 amide bonds. The van der Waals surface area contributed by atoms with E-state index in [1.54, 1.807) is 19.8 Å². The maximum absolute atomic E-state index is 5.75. The standard InChI is InChI=1S/C12H22N4O2/c1-17-8-9-18-12-2-4-15(5-3-12)6-7-16-10-13-14-11-16/h10-12H,2-9H2,1H3. The Morgan fingerprint density at radius 1 is 1.11 bits per heavy atom. The van der Waals surface area contributed by atoms with E-state index in [9.17, 15) is 0 Å². The molecule has 18 heavy (non-hydrogen) atoms. The van der Waals surface area contributed by atoms with E-state index < -0.39 is 0 Å². The Balaban J connectivity index is 1.58. The summed E-state index contributed by atoms with van der Waals surface area (Å²) >= 11 is 0. The Labute approximate surface area is 108 Å². The van der Waals surface area contributed by atoms with Crippen LogP contribution in [0, 0.1) is 0 Å². The van der Waals surface area contributed by atoms with Crippen LogP contribution in [0.15, 0.2) is 12.7 Å². The fourth-order valence-electron chi connectivity index (χ4n) is 2.19. The molecule has 0 radical (unpaired) electrons. The zero-order valence-corrected chi connectivity index (χ0v) is 11.0. The van der Waals surface area contributed by atoms with Crippen molar-refractivity contribution >= 4 is 0 Å². The lowest BCUT2D eigenvalue weighted by molar-refractivity contribution is -0.0150. The van der Waals surface area contributed by atoms with E-state index in [2.05, 4.69) is 15.1 Å². The van der Waals surface area contributed by atoms with E-state index in [4.69, 9.17) is 9.47 Å². The lowest BCUT2D eigenvalue weighted by Crippen LogP contribution is -2.38. The van der Waals surface area contributed by atoms with E-state index in [0.717, 1.165) is 39.0 Å². The first-order valence-corrected chi connectivity index (χ1v) is 6.54. The molecule has 6 nitrogen and oxygen atoms in total. The summed E-state index contributed by atoms with van der Waals surface area (Å²) in [6, 6.07) is 0. The average Bonchev–Trinajstić information content (AvgIpc) is 2.91. The summed E-state index contributed by atoms with van der Waals surface area (Å²) in [5, 5.41) is 7.60. The zero-order chi connectivity index (χ0) is 12.6. The van der Waals surface area contributed by atoms with Gasteiger partial charge in [0.15, 0.2) is 0 Å². The predicted molar refractivity (Wildman–Crippen MR) is 67.3 cm³/mol. The number of likely N-dealkylation sites (tertiary alicyclic amines) is 1. The first-order valence-electron chi connectivity index (χ1n) is 6.54. The molecule has 1 aromatic rings. The van der Waals surface area contributed by atoms with Crippen LogP contribution in [0.1, 0.15) is 12.8 Å². The molecular formula is C12H22N4O2. The van der Waals surface area contributed by atoms with Gasteiger partial charge in [-0.05, 0) is 12.8 Å². The quantitative estimate of drug-likeness (QED) is 0.660. The monoisotopic (exact) mass is 254 g/mol. The molecule has 102 valence electrons. The van der Waals surface area contributed by atoms with E-state index in [0.29, 0.717) is 19.3 Å². The van der Waals surface area contributed by atoms with Crippen molar-refractivity contribution < 1.29 is 9.47 Å². The SMILES string of the molecule is COCCOC1CCN(CCn2cnnc2)CC1. The average molecular weight is 254 g/mol. The summed E-state index contributed by atoms with van der Waals surface area (Å²) < 4.78 is 12.7. The van der Waals surface area contributed by atoms with Gasteiger partial charge in [0, 0.05) is 33.3 Å². The fraction of sp³-hybridized carbons (Fsp3) is 0.833. The minimum absolute atomic E-state index is 0.409. The van der Waals surface area contributed by atoms with Crippen LogP contribution >= 0.6 is 0 Å². The lowest BCUT2D eigenvalue weighted by atomic mass is 10.1. The first-order chi connectivity index (χ1) is 8.88. The van der Waals surface area contributed by atoms with Crippen molar-refractivity contribution in [3.8, 4) is 0 Å². The molecule has 0 unspecified atom stereocenters. The third-order valence-electron chi connectivity index (χ3n) is 3.32. The van der Waals surface area contributed by atoms with E-state index in [-0.39, 0.29) is 0 Å². The molecule has 0 saturated carbocycles. The topological polar surface area (TPSA) is 52.4 Å². The van der Waals surface area contributed by atoms with Crippen LogP contribution < -0.4 is 0 Å². The van der Waals surface area contributed by atoms with Crippen molar-refractivity contribution in [2.45, 2.75) is 25.5 Å². The van der Waals surface area contributed by atoms with Gasteiger partial charge in [0.25, 0.3) is 0 Å². The van der Waals surface area contributed by atoms with Crippen LogP contribution in [-0.2, 0) is 16.0 Å². The van der Waals surface area contributed by atoms with Crippen molar-refractivity contribution in [3.05, 3.63) is 12.7 Å². The Morgan fingerprint density at radius 3 is 2.50 bits per heavy atom. The molecule has 0 aliphatic carbocycles. The lowest BCUT2D eigenvalue weighted by Gasteiger charge is -2.31. The zero-order valence-electron chi connectivity index (χ0n) is 11.0. The van der Waals surface area contributed by atoms with Gasteiger partial charge in [-0.3, -0.25) is 0 Å². The summed E-state index contributed by atoms with van der Waals surface area (Å²) in [6.07, 6.45) is 6.17. The highest BCUT2D eigenvalue weighted by Gasteiger charge is 2.19. The van der Waals surface area contributed by atoms with Gasteiger partial charge in [0.2, 0.25) is 0 Å². The van der Waals surface area contributed by atoms with Gasteiger partial charge in [-0.2, -0.15) is 0 Å². The normalized spacial score (nSPS) is 18.3. The number of ether oxygens (including phenoxy) is 2. The Kier molecular flexibility index (Phi) is 5.57. The molecular weight excluding hydrogens is 232 g/mol. The van der Waals surface area contributed by atoms with Gasteiger partial charge in [0.1, 0.15) is 12.7 Å². The number of piperidine rings is 1. The second-order valence-electron chi connectivity index (χ2n) is 4.60. The van der Waals surface area contributed by atoms with Crippen LogP contribution in [-0.4, -0.2) is 65.7 Å². The van der Waals surface area contributed by atoms with Crippen molar-refractivity contribution in [3.63, 3.8) is 0 Å². The van der Waals surface area contributed by atoms with Crippen LogP contribution in [0.25, 0.3) is 0 Å². The van der Waals surface area contributed by atoms with Crippen LogP contribution in [0.5, 0.6) is 0 Å². The van der Waals surface area contributed by atoms with Crippen LogP contribution in [0.3, 0.4) is 0 Å². The Morgan fingerprint density at radius 2 is 1.83 bits per heavy atom. The smallest absolute Gasteiger partial charge is 0.119 e. The maximum Gasteiger partial charge on any atom is 0.119 e. The Hall–Kier alpha value is -0.980. The molecule has 0 atom stereocenters. The molecule has 0 aromatic carbocycles. The number of aromatic nitrogens is 3. The van der Waals surface area contributed by atoms with E-state index >= 15 is 0 Å². The summed E-state index contributed by atoms with van der Waals surface area (Å²) in [6.45, 7) is 5.64. The van der Waals surface area contributed by atoms with Gasteiger partial charge in [-0.25, -0.2) is 0 Å². The van der Waals surface area contributed by atoms with Gasteiger partial charge < -0.3 is 18.9 Å². The first kappa shape index (κ1) is 13.5.